The molecule has 3 heterocycles. The number of carbonyl (C=O) groups is 3. The number of furan rings is 1. The topological polar surface area (TPSA) is 132 Å². The molecular formula is C27H34O9. The van der Waals surface area contributed by atoms with E-state index < -0.39 is 69.0 Å². The van der Waals surface area contributed by atoms with Crippen molar-refractivity contribution in [3.05, 3.63) is 24.2 Å². The van der Waals surface area contributed by atoms with E-state index in [1.165, 1.54) is 19.6 Å². The third-order valence-corrected chi connectivity index (χ3v) is 11.2. The average Bonchev–Trinajstić information content (AvgIpc) is 3.48. The SMILES string of the molecule is COC(=O)C[C@@H]1C(C)(C)[C@H]2O[C@]34C[C@H]2C(=O)[C@@]1(C)[C@@]3(O)CC[C@]1(C)[C@@H](c2ccoc2)OC(=O)C[C@@]41O. The van der Waals surface area contributed by atoms with Gasteiger partial charge >= 0.3 is 11.9 Å². The fourth-order valence-corrected chi connectivity index (χ4v) is 9.30. The largest absolute Gasteiger partial charge is 0.472 e. The Labute approximate surface area is 209 Å². The highest BCUT2D eigenvalue weighted by atomic mass is 16.6. The molecule has 6 rings (SSSR count). The van der Waals surface area contributed by atoms with Gasteiger partial charge in [0.15, 0.2) is 0 Å². The maximum Gasteiger partial charge on any atom is 0.309 e. The van der Waals surface area contributed by atoms with Gasteiger partial charge in [0.25, 0.3) is 0 Å². The number of fused-ring (bicyclic) bond motifs is 3. The number of aliphatic hydroxyl groups is 2. The molecule has 1 aromatic rings. The van der Waals surface area contributed by atoms with E-state index in [-0.39, 0.29) is 37.9 Å². The number of ether oxygens (including phenoxy) is 3. The van der Waals surface area contributed by atoms with Gasteiger partial charge in [-0.3, -0.25) is 14.4 Å². The lowest BCUT2D eigenvalue weighted by molar-refractivity contribution is -0.358. The first-order valence-corrected chi connectivity index (χ1v) is 12.7. The van der Waals surface area contributed by atoms with Gasteiger partial charge in [0.1, 0.15) is 28.7 Å². The molecule has 0 unspecified atom stereocenters. The van der Waals surface area contributed by atoms with Crippen molar-refractivity contribution in [2.75, 3.05) is 7.11 Å². The van der Waals surface area contributed by atoms with Crippen LogP contribution in [0.25, 0.3) is 0 Å². The normalized spacial score (nSPS) is 50.3. The molecule has 0 aromatic carbocycles. The van der Waals surface area contributed by atoms with Crippen LogP contribution in [0.5, 0.6) is 0 Å². The number of carbonyl (C=O) groups excluding carboxylic acids is 3. The molecule has 2 aliphatic heterocycles. The Bertz CT molecular complexity index is 1160. The van der Waals surface area contributed by atoms with E-state index in [0.717, 1.165) is 0 Å². The van der Waals surface area contributed by atoms with Crippen molar-refractivity contribution in [2.24, 2.45) is 28.1 Å². The van der Waals surface area contributed by atoms with Crippen LogP contribution < -0.4 is 0 Å². The molecule has 36 heavy (non-hydrogen) atoms. The summed E-state index contributed by atoms with van der Waals surface area (Å²) >= 11 is 0. The van der Waals surface area contributed by atoms with Gasteiger partial charge in [-0.25, -0.2) is 0 Å². The second-order valence-corrected chi connectivity index (χ2v) is 12.6. The summed E-state index contributed by atoms with van der Waals surface area (Å²) in [6.45, 7) is 7.49. The number of methoxy groups -OCH3 is 1. The molecule has 5 fully saturated rings. The fourth-order valence-electron chi connectivity index (χ4n) is 9.30. The Hall–Kier alpha value is -2.23. The van der Waals surface area contributed by atoms with Crippen LogP contribution in [0.2, 0.25) is 0 Å². The maximum atomic E-state index is 14.1. The van der Waals surface area contributed by atoms with Crippen LogP contribution >= 0.6 is 0 Å². The molecule has 9 atom stereocenters. The third-order valence-electron chi connectivity index (χ3n) is 11.2. The van der Waals surface area contributed by atoms with Crippen molar-refractivity contribution in [3.63, 3.8) is 0 Å². The standard InChI is InChI=1S/C27H34O9/c1-22(2)16(10-17(28)33-5)24(4)19(30)15-11-27(36-21(15)22)25(24,31)8-7-23(3)20(14-6-9-34-13-14)35-18(29)12-26(23,27)32/h6,9,13,15-16,20-21,31-32H,7-8,10-12H2,1-5H3/t15-,16+,20+,21-,23+,24-,25-,26-,27+/m0/s1. The van der Waals surface area contributed by atoms with Gasteiger partial charge in [0, 0.05) is 23.3 Å². The van der Waals surface area contributed by atoms with Crippen LogP contribution in [0, 0.1) is 28.1 Å². The van der Waals surface area contributed by atoms with Crippen molar-refractivity contribution in [1.82, 2.24) is 0 Å². The summed E-state index contributed by atoms with van der Waals surface area (Å²) in [5.41, 5.74) is -7.76. The monoisotopic (exact) mass is 502 g/mol. The van der Waals surface area contributed by atoms with Crippen LogP contribution in [0.15, 0.2) is 23.0 Å². The van der Waals surface area contributed by atoms with Gasteiger partial charge in [0.05, 0.1) is 37.6 Å². The smallest absolute Gasteiger partial charge is 0.309 e. The van der Waals surface area contributed by atoms with Crippen molar-refractivity contribution in [1.29, 1.82) is 0 Å². The first-order chi connectivity index (χ1) is 16.7. The molecule has 9 nitrogen and oxygen atoms in total. The summed E-state index contributed by atoms with van der Waals surface area (Å²) < 4.78 is 22.9. The second kappa shape index (κ2) is 6.79. The summed E-state index contributed by atoms with van der Waals surface area (Å²) in [6, 6.07) is 1.70. The molecule has 9 heteroatoms. The van der Waals surface area contributed by atoms with Gasteiger partial charge in [-0.1, -0.05) is 20.8 Å². The third kappa shape index (κ3) is 2.28. The number of esters is 2. The zero-order valence-electron chi connectivity index (χ0n) is 21.3. The molecule has 1 aromatic heterocycles. The van der Waals surface area contributed by atoms with E-state index in [9.17, 15) is 24.6 Å². The van der Waals surface area contributed by atoms with Crippen LogP contribution in [0.1, 0.15) is 71.5 Å². The molecule has 0 amide bonds. The average molecular weight is 503 g/mol. The van der Waals surface area contributed by atoms with Crippen molar-refractivity contribution < 1.29 is 43.2 Å². The van der Waals surface area contributed by atoms with Gasteiger partial charge < -0.3 is 28.8 Å². The zero-order valence-corrected chi connectivity index (χ0v) is 21.3. The summed E-state index contributed by atoms with van der Waals surface area (Å²) in [4.78, 5) is 39.7. The number of ketones is 1. The Morgan fingerprint density at radius 3 is 2.50 bits per heavy atom. The Morgan fingerprint density at radius 1 is 1.14 bits per heavy atom. The van der Waals surface area contributed by atoms with Crippen LogP contribution in [-0.2, 0) is 28.6 Å². The highest BCUT2D eigenvalue weighted by Gasteiger charge is 2.89. The second-order valence-electron chi connectivity index (χ2n) is 12.6. The molecule has 2 N–H and O–H groups in total. The van der Waals surface area contributed by atoms with Crippen LogP contribution in [0.3, 0.4) is 0 Å². The Kier molecular flexibility index (Phi) is 4.55. The van der Waals surface area contributed by atoms with Crippen LogP contribution in [0.4, 0.5) is 0 Å². The quantitative estimate of drug-likeness (QED) is 0.598. The lowest BCUT2D eigenvalue weighted by Gasteiger charge is -2.71. The molecule has 3 bridgehead atoms. The van der Waals surface area contributed by atoms with Crippen molar-refractivity contribution in [3.8, 4) is 0 Å². The summed E-state index contributed by atoms with van der Waals surface area (Å²) in [5, 5.41) is 25.5. The number of Topliss-reactive ketones (excluding diaryl/α,β-unsaturated/α-hetero) is 1. The van der Waals surface area contributed by atoms with Crippen molar-refractivity contribution in [2.45, 2.75) is 88.8 Å². The highest BCUT2D eigenvalue weighted by molar-refractivity contribution is 5.93. The first-order valence-electron chi connectivity index (χ1n) is 12.7. The van der Waals surface area contributed by atoms with Crippen LogP contribution in [-0.4, -0.2) is 58.0 Å². The maximum absolute atomic E-state index is 14.1. The van der Waals surface area contributed by atoms with Crippen molar-refractivity contribution >= 4 is 17.7 Å². The minimum absolute atomic E-state index is 0.0634. The van der Waals surface area contributed by atoms with Gasteiger partial charge in [-0.05, 0) is 43.6 Å². The molecule has 2 saturated heterocycles. The van der Waals surface area contributed by atoms with E-state index >= 15 is 0 Å². The van der Waals surface area contributed by atoms with Gasteiger partial charge in [0.2, 0.25) is 0 Å². The number of hydrogen-bond acceptors (Lipinski definition) is 9. The molecule has 5 aliphatic rings. The van der Waals surface area contributed by atoms with E-state index in [2.05, 4.69) is 0 Å². The zero-order chi connectivity index (χ0) is 26.1. The minimum Gasteiger partial charge on any atom is -0.472 e. The summed E-state index contributed by atoms with van der Waals surface area (Å²) in [6.07, 6.45) is 1.60. The Balaban J connectivity index is 1.58. The van der Waals surface area contributed by atoms with Gasteiger partial charge in [-0.15, -0.1) is 0 Å². The number of rotatable bonds is 3. The fraction of sp³-hybridized carbons (Fsp3) is 0.741. The predicted molar refractivity (Wildman–Crippen MR) is 122 cm³/mol. The predicted octanol–water partition coefficient (Wildman–Crippen LogP) is 2.48. The van der Waals surface area contributed by atoms with E-state index in [0.29, 0.717) is 5.56 Å². The molecule has 0 radical (unpaired) electrons. The van der Waals surface area contributed by atoms with Gasteiger partial charge in [-0.2, -0.15) is 0 Å². The highest BCUT2D eigenvalue weighted by Crippen LogP contribution is 2.78. The number of cyclic esters (lactones) is 1. The first kappa shape index (κ1) is 24.1. The minimum atomic E-state index is -1.84. The molecule has 3 aliphatic carbocycles. The summed E-state index contributed by atoms with van der Waals surface area (Å²) in [7, 11) is 1.30. The molecule has 196 valence electrons. The Morgan fingerprint density at radius 2 is 1.86 bits per heavy atom. The van der Waals surface area contributed by atoms with E-state index in [1.54, 1.807) is 13.0 Å². The lowest BCUT2D eigenvalue weighted by Crippen LogP contribution is -2.84. The molecular weight excluding hydrogens is 468 g/mol. The summed E-state index contributed by atoms with van der Waals surface area (Å²) in [5.74, 6) is -2.39. The molecule has 1 spiro atoms. The van der Waals surface area contributed by atoms with E-state index in [1.807, 2.05) is 20.8 Å². The number of hydrogen-bond donors (Lipinski definition) is 2. The van der Waals surface area contributed by atoms with E-state index in [4.69, 9.17) is 18.6 Å². The lowest BCUT2D eigenvalue weighted by atomic mass is 9.35. The molecule has 3 saturated carbocycles.